The molecule has 8 atom stereocenters. The normalized spacial score (nSPS) is 20.5. The number of phenolic OH excluding ortho intramolecular Hbond substituents is 1. The van der Waals surface area contributed by atoms with Gasteiger partial charge in [-0.25, -0.2) is 4.79 Å². The molecule has 0 radical (unpaired) electrons. The number of benzene rings is 3. The number of carbonyl (C=O) groups excluding carboxylic acids is 8. The van der Waals surface area contributed by atoms with Crippen LogP contribution in [0.5, 0.6) is 5.75 Å². The Morgan fingerprint density at radius 3 is 1.94 bits per heavy atom. The van der Waals surface area contributed by atoms with Gasteiger partial charge in [0.2, 0.25) is 47.3 Å². The van der Waals surface area contributed by atoms with Gasteiger partial charge in [0.05, 0.1) is 6.10 Å². The lowest BCUT2D eigenvalue weighted by Gasteiger charge is -2.33. The van der Waals surface area contributed by atoms with Crippen molar-refractivity contribution in [1.29, 1.82) is 0 Å². The van der Waals surface area contributed by atoms with E-state index in [0.29, 0.717) is 47.5 Å². The third kappa shape index (κ3) is 19.6. The summed E-state index contributed by atoms with van der Waals surface area (Å²) >= 11 is 0. The van der Waals surface area contributed by atoms with Crippen LogP contribution in [0, 0.1) is 0 Å². The predicted molar refractivity (Wildman–Crippen MR) is 306 cm³/mol. The lowest BCUT2D eigenvalue weighted by Crippen LogP contribution is -2.63. The molecule has 4 aromatic rings. The molecule has 3 aromatic carbocycles. The van der Waals surface area contributed by atoms with Crippen LogP contribution in [-0.4, -0.2) is 170 Å². The molecule has 8 amide bonds. The molecule has 434 valence electrons. The van der Waals surface area contributed by atoms with Gasteiger partial charge < -0.3 is 67.7 Å². The van der Waals surface area contributed by atoms with Crippen LogP contribution < -0.4 is 37.6 Å². The maximum atomic E-state index is 15.0. The molecule has 24 heteroatoms. The van der Waals surface area contributed by atoms with Crippen molar-refractivity contribution >= 4 is 85.7 Å². The zero-order valence-electron chi connectivity index (χ0n) is 45.6. The van der Waals surface area contributed by atoms with Crippen LogP contribution in [0.1, 0.15) is 81.9 Å². The maximum absolute atomic E-state index is 15.0. The molecule has 22 nitrogen and oxygen atoms in total. The number of carboxylic acid groups (broad SMARTS) is 1. The molecule has 1 aliphatic rings. The number of aliphatic hydroxyl groups is 1. The number of hydrogen-bond donors (Lipinski definition) is 11. The number of nitrogens with two attached hydrogens (primary N) is 1. The SMILES string of the molecule is C[C@@H](O)C1NC(=O)[C@H](CCCCN)NC(=O)[C@@H](Cc2c[nH]c3ccccc23)NC(=O)[C@H](Cc2ccc(O)cc2)NC(=O)[C@H](CCCCNC(=O)CCSSCCC(=O)N(C)[C@@H](C)C(=O)O)N(C)C(=O)[C@H](Cc2ccccc2)NC1=O. The highest BCUT2D eigenvalue weighted by Crippen LogP contribution is 2.24. The van der Waals surface area contributed by atoms with Gasteiger partial charge in [-0.2, -0.15) is 0 Å². The number of fused-ring (bicyclic) bond motifs is 1. The van der Waals surface area contributed by atoms with Crippen LogP contribution in [0.4, 0.5) is 0 Å². The van der Waals surface area contributed by atoms with E-state index in [1.165, 1.54) is 71.5 Å². The monoisotopic (exact) mass is 1140 g/mol. The number of carboxylic acids is 1. The minimum absolute atomic E-state index is 0.0125. The van der Waals surface area contributed by atoms with Gasteiger partial charge in [0.25, 0.3) is 0 Å². The minimum Gasteiger partial charge on any atom is -0.508 e. The standard InChI is InChI=1S/C56H76N10O12S2/c1-34(56(77)78)65(3)48(70)25-29-80-79-28-24-47(69)58-27-13-11-19-46-53(74)62-43(30-37-20-22-39(68)23-21-37)51(72)61-44(32-38-33-59-41-17-9-8-16-40(38)41)52(73)60-42(18-10-12-26-57)50(71)64-49(35(2)67)54(75)63-45(55(76)66(46)4)31-36-14-6-5-7-15-36/h5-9,14-17,20-23,33-35,42-46,49,59,67-68H,10-13,18-19,24-32,57H2,1-4H3,(H,58,69)(H,60,73)(H,61,72)(H,62,74)(H,63,75)(H,64,71)(H,77,78)/t34-,35+,42-,43-,44+,45-,46-,49?/m0/s1. The molecule has 0 spiro atoms. The van der Waals surface area contributed by atoms with Crippen molar-refractivity contribution < 1.29 is 58.5 Å². The van der Waals surface area contributed by atoms with Crippen molar-refractivity contribution in [3.8, 4) is 5.75 Å². The number of aromatic nitrogens is 1. The smallest absolute Gasteiger partial charge is 0.326 e. The first-order valence-electron chi connectivity index (χ1n) is 26.8. The van der Waals surface area contributed by atoms with Gasteiger partial charge in [0.1, 0.15) is 48.0 Å². The number of aromatic hydroxyl groups is 1. The van der Waals surface area contributed by atoms with Gasteiger partial charge in [-0.3, -0.25) is 38.4 Å². The molecule has 1 saturated heterocycles. The van der Waals surface area contributed by atoms with Crippen molar-refractivity contribution in [2.75, 3.05) is 38.7 Å². The number of aliphatic hydroxyl groups excluding tert-OH is 1. The van der Waals surface area contributed by atoms with E-state index in [1.807, 2.05) is 24.3 Å². The van der Waals surface area contributed by atoms with Crippen molar-refractivity contribution in [2.24, 2.45) is 5.73 Å². The number of likely N-dealkylation sites (N-methyl/N-ethyl adjacent to an activating group) is 2. The van der Waals surface area contributed by atoms with Crippen LogP contribution in [0.25, 0.3) is 10.9 Å². The van der Waals surface area contributed by atoms with E-state index < -0.39 is 89.8 Å². The Kier molecular flexibility index (Phi) is 25.6. The number of hydrogen-bond acceptors (Lipinski definition) is 14. The van der Waals surface area contributed by atoms with E-state index in [2.05, 4.69) is 36.9 Å². The molecule has 0 aliphatic carbocycles. The first-order chi connectivity index (χ1) is 38.3. The maximum Gasteiger partial charge on any atom is 0.326 e. The quantitative estimate of drug-likeness (QED) is 0.0334. The summed E-state index contributed by atoms with van der Waals surface area (Å²) < 4.78 is 0. The van der Waals surface area contributed by atoms with Gasteiger partial charge in [0.15, 0.2) is 0 Å². The van der Waals surface area contributed by atoms with E-state index in [-0.39, 0.29) is 82.0 Å². The zero-order valence-corrected chi connectivity index (χ0v) is 47.2. The number of nitrogens with one attached hydrogen (secondary N) is 7. The highest BCUT2D eigenvalue weighted by molar-refractivity contribution is 8.76. The molecule has 12 N–H and O–H groups in total. The topological polar surface area (TPSA) is 335 Å². The average molecular weight is 1150 g/mol. The summed E-state index contributed by atoms with van der Waals surface area (Å²) in [4.78, 5) is 130. The number of phenols is 1. The average Bonchev–Trinajstić information content (AvgIpc) is 3.85. The molecule has 1 fully saturated rings. The number of carbonyl (C=O) groups is 9. The third-order valence-corrected chi connectivity index (χ3v) is 16.3. The molecule has 1 unspecified atom stereocenters. The first kappa shape index (κ1) is 63.7. The fourth-order valence-corrected chi connectivity index (χ4v) is 10.9. The highest BCUT2D eigenvalue weighted by atomic mass is 33.1. The van der Waals surface area contributed by atoms with Gasteiger partial charge in [-0.1, -0.05) is 82.3 Å². The van der Waals surface area contributed by atoms with E-state index in [0.717, 1.165) is 10.9 Å². The molecule has 5 rings (SSSR count). The summed E-state index contributed by atoms with van der Waals surface area (Å²) in [6.45, 7) is 3.22. The number of unbranched alkanes of at least 4 members (excludes halogenated alkanes) is 2. The second kappa shape index (κ2) is 32.2. The molecule has 1 aliphatic heterocycles. The van der Waals surface area contributed by atoms with Crippen molar-refractivity contribution in [2.45, 2.75) is 133 Å². The Morgan fingerprint density at radius 2 is 1.26 bits per heavy atom. The summed E-state index contributed by atoms with van der Waals surface area (Å²) in [5, 5.41) is 47.8. The van der Waals surface area contributed by atoms with Crippen LogP contribution in [0.2, 0.25) is 0 Å². The molecular weight excluding hydrogens is 1070 g/mol. The zero-order chi connectivity index (χ0) is 58.3. The Labute approximate surface area is 473 Å². The van der Waals surface area contributed by atoms with Crippen molar-refractivity contribution in [3.05, 3.63) is 102 Å². The van der Waals surface area contributed by atoms with Crippen LogP contribution in [0.3, 0.4) is 0 Å². The number of para-hydroxylation sites is 1. The molecule has 1 aromatic heterocycles. The van der Waals surface area contributed by atoms with Crippen LogP contribution in [-0.2, 0) is 62.4 Å². The lowest BCUT2D eigenvalue weighted by atomic mass is 9.99. The van der Waals surface area contributed by atoms with E-state index in [9.17, 15) is 58.5 Å². The Morgan fingerprint density at radius 1 is 0.688 bits per heavy atom. The van der Waals surface area contributed by atoms with Gasteiger partial charge >= 0.3 is 5.97 Å². The summed E-state index contributed by atoms with van der Waals surface area (Å²) in [5.74, 6) is -5.54. The fraction of sp³-hybridized carbons (Fsp3) is 0.482. The van der Waals surface area contributed by atoms with E-state index >= 15 is 0 Å². The molecule has 0 bridgehead atoms. The number of amides is 8. The number of aliphatic carboxylic acids is 1. The van der Waals surface area contributed by atoms with Crippen molar-refractivity contribution in [1.82, 2.24) is 46.7 Å². The Hall–Kier alpha value is -7.15. The summed E-state index contributed by atoms with van der Waals surface area (Å²) in [7, 11) is 5.63. The highest BCUT2D eigenvalue weighted by Gasteiger charge is 2.38. The van der Waals surface area contributed by atoms with Gasteiger partial charge in [0, 0.05) is 81.3 Å². The molecule has 2 heterocycles. The Balaban J connectivity index is 1.44. The number of H-pyrrole nitrogens is 1. The van der Waals surface area contributed by atoms with Crippen LogP contribution >= 0.6 is 21.6 Å². The van der Waals surface area contributed by atoms with Gasteiger partial charge in [-0.05, 0) is 93.8 Å². The largest absolute Gasteiger partial charge is 0.508 e. The minimum atomic E-state index is -1.63. The van der Waals surface area contributed by atoms with Crippen molar-refractivity contribution in [3.63, 3.8) is 0 Å². The summed E-state index contributed by atoms with van der Waals surface area (Å²) in [5.41, 5.74) is 8.38. The summed E-state index contributed by atoms with van der Waals surface area (Å²) in [6, 6.07) is 12.9. The second-order valence-electron chi connectivity index (χ2n) is 19.9. The Bertz CT molecular complexity index is 2730. The molecule has 80 heavy (non-hydrogen) atoms. The molecular formula is C56H76N10O12S2. The number of aromatic amines is 1. The van der Waals surface area contributed by atoms with Gasteiger partial charge in [-0.15, -0.1) is 0 Å². The first-order valence-corrected chi connectivity index (χ1v) is 29.3. The second-order valence-corrected chi connectivity index (χ2v) is 22.6. The predicted octanol–water partition coefficient (Wildman–Crippen LogP) is 2.06. The molecule has 0 saturated carbocycles. The lowest BCUT2D eigenvalue weighted by molar-refractivity contribution is -0.148. The van der Waals surface area contributed by atoms with Crippen LogP contribution in [0.15, 0.2) is 85.1 Å². The third-order valence-electron chi connectivity index (χ3n) is 13.9. The van der Waals surface area contributed by atoms with E-state index in [1.54, 1.807) is 48.7 Å². The fourth-order valence-electron chi connectivity index (χ4n) is 8.97. The number of rotatable bonds is 25. The summed E-state index contributed by atoms with van der Waals surface area (Å²) in [6.07, 6.45) is 1.80. The van der Waals surface area contributed by atoms with E-state index in [4.69, 9.17) is 5.73 Å². The number of nitrogens with zero attached hydrogens (tertiary/aromatic N) is 2.